The van der Waals surface area contributed by atoms with Gasteiger partial charge in [0.25, 0.3) is 0 Å². The third-order valence-electron chi connectivity index (χ3n) is 2.53. The molecule has 0 aliphatic carbocycles. The lowest BCUT2D eigenvalue weighted by molar-refractivity contribution is -0.133. The number of hydrogen-bond donors (Lipinski definition) is 1. The molecule has 1 rings (SSSR count). The van der Waals surface area contributed by atoms with Gasteiger partial charge in [-0.15, -0.1) is 0 Å². The van der Waals surface area contributed by atoms with E-state index in [2.05, 4.69) is 5.32 Å². The molecule has 1 aliphatic rings. The van der Waals surface area contributed by atoms with E-state index in [0.29, 0.717) is 6.42 Å². The Labute approximate surface area is 86.1 Å². The Kier molecular flexibility index (Phi) is 3.49. The maximum Gasteiger partial charge on any atom is 0.224 e. The number of carbonyl (C=O) groups is 2. The van der Waals surface area contributed by atoms with Crippen LogP contribution in [0.4, 0.5) is 0 Å². The van der Waals surface area contributed by atoms with Gasteiger partial charge in [0.1, 0.15) is 0 Å². The third-order valence-corrected chi connectivity index (χ3v) is 2.53. The second kappa shape index (κ2) is 4.44. The number of carbonyl (C=O) groups excluding carboxylic acids is 2. The van der Waals surface area contributed by atoms with E-state index in [1.807, 2.05) is 13.8 Å². The highest BCUT2D eigenvalue weighted by Gasteiger charge is 2.24. The maximum atomic E-state index is 11.4. The van der Waals surface area contributed by atoms with E-state index in [-0.39, 0.29) is 25.2 Å². The van der Waals surface area contributed by atoms with Crippen LogP contribution in [0.15, 0.2) is 0 Å². The summed E-state index contributed by atoms with van der Waals surface area (Å²) in [5, 5.41) is 2.88. The van der Waals surface area contributed by atoms with Crippen molar-refractivity contribution in [1.29, 1.82) is 0 Å². The molecule has 0 saturated carbocycles. The first-order valence-corrected chi connectivity index (χ1v) is 5.05. The quantitative estimate of drug-likeness (QED) is 0.710. The Bertz CT molecular complexity index is 244. The highest BCUT2D eigenvalue weighted by atomic mass is 16.2. The standard InChI is InChI=1S/C10H18N2O2.H2/c1-7(2)10(14)11-8-4-5-12(3)9(13)6-8;/h7-8H,4-6H2,1-3H3,(H,11,14);1H. The summed E-state index contributed by atoms with van der Waals surface area (Å²) in [6.07, 6.45) is 1.30. The summed E-state index contributed by atoms with van der Waals surface area (Å²) in [4.78, 5) is 24.4. The van der Waals surface area contributed by atoms with Crippen LogP contribution in [0.1, 0.15) is 28.1 Å². The van der Waals surface area contributed by atoms with Crippen LogP contribution in [0.3, 0.4) is 0 Å². The molecule has 0 aromatic rings. The van der Waals surface area contributed by atoms with Crippen molar-refractivity contribution in [3.05, 3.63) is 0 Å². The molecule has 1 fully saturated rings. The van der Waals surface area contributed by atoms with Crippen molar-refractivity contribution in [1.82, 2.24) is 10.2 Å². The molecule has 2 amide bonds. The molecule has 1 atom stereocenters. The van der Waals surface area contributed by atoms with Crippen LogP contribution in [0.2, 0.25) is 0 Å². The first kappa shape index (κ1) is 11.0. The van der Waals surface area contributed by atoms with Gasteiger partial charge in [-0.2, -0.15) is 0 Å². The average Bonchev–Trinajstić information content (AvgIpc) is 2.11. The van der Waals surface area contributed by atoms with E-state index < -0.39 is 0 Å². The van der Waals surface area contributed by atoms with Crippen molar-refractivity contribution < 1.29 is 11.0 Å². The van der Waals surface area contributed by atoms with Crippen LogP contribution in [0.5, 0.6) is 0 Å². The van der Waals surface area contributed by atoms with E-state index in [4.69, 9.17) is 0 Å². The first-order chi connectivity index (χ1) is 6.50. The van der Waals surface area contributed by atoms with Crippen molar-refractivity contribution in [3.8, 4) is 0 Å². The number of hydrogen-bond acceptors (Lipinski definition) is 2. The van der Waals surface area contributed by atoms with E-state index in [1.54, 1.807) is 11.9 Å². The average molecular weight is 200 g/mol. The fraction of sp³-hybridized carbons (Fsp3) is 0.800. The third kappa shape index (κ3) is 2.72. The van der Waals surface area contributed by atoms with Crippen LogP contribution >= 0.6 is 0 Å². The van der Waals surface area contributed by atoms with Gasteiger partial charge in [0.2, 0.25) is 11.8 Å². The summed E-state index contributed by atoms with van der Waals surface area (Å²) in [5.41, 5.74) is 0. The van der Waals surface area contributed by atoms with E-state index in [9.17, 15) is 9.59 Å². The highest BCUT2D eigenvalue weighted by Crippen LogP contribution is 2.10. The lowest BCUT2D eigenvalue weighted by Gasteiger charge is -2.29. The van der Waals surface area contributed by atoms with Crippen molar-refractivity contribution in [2.75, 3.05) is 13.6 Å². The van der Waals surface area contributed by atoms with Gasteiger partial charge in [0.15, 0.2) is 0 Å². The van der Waals surface area contributed by atoms with Crippen LogP contribution < -0.4 is 5.32 Å². The molecule has 4 nitrogen and oxygen atoms in total. The fourth-order valence-corrected chi connectivity index (χ4v) is 1.43. The molecular weight excluding hydrogens is 180 g/mol. The minimum atomic E-state index is -0.00948. The topological polar surface area (TPSA) is 49.4 Å². The molecule has 0 bridgehead atoms. The zero-order valence-electron chi connectivity index (χ0n) is 9.04. The van der Waals surface area contributed by atoms with Crippen molar-refractivity contribution >= 4 is 11.8 Å². The highest BCUT2D eigenvalue weighted by molar-refractivity contribution is 5.81. The van der Waals surface area contributed by atoms with Gasteiger partial charge in [-0.3, -0.25) is 9.59 Å². The Morgan fingerprint density at radius 1 is 1.64 bits per heavy atom. The van der Waals surface area contributed by atoms with Gasteiger partial charge in [-0.25, -0.2) is 0 Å². The van der Waals surface area contributed by atoms with Gasteiger partial charge in [-0.05, 0) is 6.42 Å². The van der Waals surface area contributed by atoms with Crippen LogP contribution in [0.25, 0.3) is 0 Å². The Balaban J connectivity index is 0.00000196. The molecule has 1 saturated heterocycles. The molecule has 1 unspecified atom stereocenters. The van der Waals surface area contributed by atoms with Crippen molar-refractivity contribution in [2.45, 2.75) is 32.7 Å². The number of rotatable bonds is 2. The SMILES string of the molecule is CC(C)C(=O)NC1CCN(C)C(=O)C1.[HH]. The molecule has 4 heteroatoms. The van der Waals surface area contributed by atoms with Gasteiger partial charge in [0.05, 0.1) is 0 Å². The number of likely N-dealkylation sites (tertiary alicyclic amines) is 1. The van der Waals surface area contributed by atoms with E-state index in [1.165, 1.54) is 0 Å². The van der Waals surface area contributed by atoms with Gasteiger partial charge < -0.3 is 10.2 Å². The molecule has 1 heterocycles. The summed E-state index contributed by atoms with van der Waals surface area (Å²) in [7, 11) is 1.79. The second-order valence-corrected chi connectivity index (χ2v) is 4.17. The Morgan fingerprint density at radius 3 is 2.79 bits per heavy atom. The number of nitrogens with zero attached hydrogens (tertiary/aromatic N) is 1. The Morgan fingerprint density at radius 2 is 2.29 bits per heavy atom. The molecule has 0 spiro atoms. The van der Waals surface area contributed by atoms with Gasteiger partial charge >= 0.3 is 0 Å². The van der Waals surface area contributed by atoms with Gasteiger partial charge in [-0.1, -0.05) is 13.8 Å². The summed E-state index contributed by atoms with van der Waals surface area (Å²) >= 11 is 0. The lowest BCUT2D eigenvalue weighted by atomic mass is 10.0. The summed E-state index contributed by atoms with van der Waals surface area (Å²) in [6.45, 7) is 4.44. The second-order valence-electron chi connectivity index (χ2n) is 4.17. The molecule has 0 aromatic heterocycles. The van der Waals surface area contributed by atoms with Crippen molar-refractivity contribution in [3.63, 3.8) is 0 Å². The van der Waals surface area contributed by atoms with E-state index >= 15 is 0 Å². The van der Waals surface area contributed by atoms with Crippen LogP contribution in [-0.4, -0.2) is 36.3 Å². The zero-order chi connectivity index (χ0) is 10.7. The normalized spacial score (nSPS) is 22.7. The summed E-state index contributed by atoms with van der Waals surface area (Å²) in [5.74, 6) is 0.141. The lowest BCUT2D eigenvalue weighted by Crippen LogP contribution is -2.47. The number of amides is 2. The minimum absolute atomic E-state index is 0. The fourth-order valence-electron chi connectivity index (χ4n) is 1.43. The number of piperidine rings is 1. The molecule has 82 valence electrons. The number of nitrogens with one attached hydrogen (secondary N) is 1. The predicted octanol–water partition coefficient (Wildman–Crippen LogP) is 0.625. The maximum absolute atomic E-state index is 11.4. The molecular formula is C10H20N2O2. The molecule has 14 heavy (non-hydrogen) atoms. The van der Waals surface area contributed by atoms with Crippen molar-refractivity contribution in [2.24, 2.45) is 5.92 Å². The minimum Gasteiger partial charge on any atom is -0.353 e. The van der Waals surface area contributed by atoms with Crippen LogP contribution in [0, 0.1) is 5.92 Å². The molecule has 1 aliphatic heterocycles. The molecule has 0 aromatic carbocycles. The Hall–Kier alpha value is -1.06. The van der Waals surface area contributed by atoms with Crippen LogP contribution in [-0.2, 0) is 9.59 Å². The zero-order valence-corrected chi connectivity index (χ0v) is 9.04. The summed E-state index contributed by atoms with van der Waals surface area (Å²) in [6, 6.07) is 0.0357. The van der Waals surface area contributed by atoms with E-state index in [0.717, 1.165) is 13.0 Å². The monoisotopic (exact) mass is 200 g/mol. The molecule has 1 N–H and O–H groups in total. The molecule has 0 radical (unpaired) electrons. The first-order valence-electron chi connectivity index (χ1n) is 5.05. The predicted molar refractivity (Wildman–Crippen MR) is 55.8 cm³/mol. The largest absolute Gasteiger partial charge is 0.353 e. The smallest absolute Gasteiger partial charge is 0.224 e. The van der Waals surface area contributed by atoms with Gasteiger partial charge in [0, 0.05) is 33.4 Å². The summed E-state index contributed by atoms with van der Waals surface area (Å²) < 4.78 is 0.